The Balaban J connectivity index is 2.23. The average Bonchev–Trinajstić information content (AvgIpc) is 2.26. The summed E-state index contributed by atoms with van der Waals surface area (Å²) in [4.78, 5) is 5.30. The fraction of sp³-hybridized carbons (Fsp3) is 1.00. The summed E-state index contributed by atoms with van der Waals surface area (Å²) in [7, 11) is 0. The first kappa shape index (κ1) is 17.0. The van der Waals surface area contributed by atoms with Crippen LogP contribution in [0.2, 0.25) is 0 Å². The first-order valence-corrected chi connectivity index (χ1v) is 8.17. The van der Waals surface area contributed by atoms with Crippen LogP contribution in [0.25, 0.3) is 0 Å². The second-order valence-corrected chi connectivity index (χ2v) is 8.34. The largest absolute Gasteiger partial charge is 0.301 e. The van der Waals surface area contributed by atoms with Gasteiger partial charge in [0.2, 0.25) is 0 Å². The molecule has 2 heteroatoms. The lowest BCUT2D eigenvalue weighted by molar-refractivity contribution is 0.0928. The molecule has 1 heterocycles. The molecule has 0 saturated carbocycles. The summed E-state index contributed by atoms with van der Waals surface area (Å²) < 4.78 is 0. The molecule has 0 spiro atoms. The highest BCUT2D eigenvalue weighted by Gasteiger charge is 2.23. The van der Waals surface area contributed by atoms with Crippen molar-refractivity contribution in [1.29, 1.82) is 0 Å². The van der Waals surface area contributed by atoms with Gasteiger partial charge in [-0.1, -0.05) is 48.0 Å². The third kappa shape index (κ3) is 7.31. The van der Waals surface area contributed by atoms with Crippen molar-refractivity contribution in [3.05, 3.63) is 0 Å². The summed E-state index contributed by atoms with van der Waals surface area (Å²) in [6, 6.07) is 0. The van der Waals surface area contributed by atoms with Crippen molar-refractivity contribution >= 4 is 0 Å². The molecule has 1 saturated heterocycles. The summed E-state index contributed by atoms with van der Waals surface area (Å²) in [5, 5.41) is 0. The van der Waals surface area contributed by atoms with Gasteiger partial charge in [-0.3, -0.25) is 0 Å². The number of piperazine rings is 1. The Hall–Kier alpha value is -0.0800. The van der Waals surface area contributed by atoms with Crippen molar-refractivity contribution < 1.29 is 0 Å². The Morgan fingerprint density at radius 1 is 0.789 bits per heavy atom. The maximum atomic E-state index is 2.66. The minimum Gasteiger partial charge on any atom is -0.301 e. The molecule has 0 aromatic heterocycles. The van der Waals surface area contributed by atoms with E-state index >= 15 is 0 Å². The van der Waals surface area contributed by atoms with Crippen LogP contribution in [0.1, 0.15) is 60.8 Å². The van der Waals surface area contributed by atoms with E-state index in [2.05, 4.69) is 51.3 Å². The van der Waals surface area contributed by atoms with Crippen molar-refractivity contribution in [3.8, 4) is 0 Å². The van der Waals surface area contributed by atoms with E-state index < -0.39 is 0 Å². The molecule has 2 nitrogen and oxygen atoms in total. The number of nitrogens with zero attached hydrogens (tertiary/aromatic N) is 2. The molecule has 0 atom stereocenters. The maximum absolute atomic E-state index is 2.66. The van der Waals surface area contributed by atoms with Crippen molar-refractivity contribution in [2.45, 2.75) is 60.8 Å². The maximum Gasteiger partial charge on any atom is 0.0110 e. The van der Waals surface area contributed by atoms with Crippen molar-refractivity contribution in [2.75, 3.05) is 39.3 Å². The molecule has 0 unspecified atom stereocenters. The van der Waals surface area contributed by atoms with Crippen molar-refractivity contribution in [1.82, 2.24) is 9.80 Å². The standard InChI is InChI=1S/C17H36N2/c1-7-8-17(5,6)9-10-18-11-13-19(14-12-18)15-16(2,3)4/h7-15H2,1-6H3. The Bertz CT molecular complexity index is 244. The van der Waals surface area contributed by atoms with Crippen LogP contribution in [0.15, 0.2) is 0 Å². The van der Waals surface area contributed by atoms with Gasteiger partial charge < -0.3 is 9.80 Å². The third-order valence-electron chi connectivity index (χ3n) is 4.19. The van der Waals surface area contributed by atoms with Gasteiger partial charge in [-0.25, -0.2) is 0 Å². The summed E-state index contributed by atoms with van der Waals surface area (Å²) in [6.45, 7) is 21.7. The highest BCUT2D eigenvalue weighted by Crippen LogP contribution is 2.27. The molecule has 114 valence electrons. The second-order valence-electron chi connectivity index (χ2n) is 8.34. The van der Waals surface area contributed by atoms with E-state index in [1.807, 2.05) is 0 Å². The van der Waals surface area contributed by atoms with Gasteiger partial charge in [0.1, 0.15) is 0 Å². The lowest BCUT2D eigenvalue weighted by Gasteiger charge is -2.39. The van der Waals surface area contributed by atoms with Gasteiger partial charge in [-0.15, -0.1) is 0 Å². The quantitative estimate of drug-likeness (QED) is 0.721. The molecule has 0 aromatic carbocycles. The summed E-state index contributed by atoms with van der Waals surface area (Å²) >= 11 is 0. The predicted octanol–water partition coefficient (Wildman–Crippen LogP) is 3.87. The molecular weight excluding hydrogens is 232 g/mol. The molecule has 0 bridgehead atoms. The Labute approximate surface area is 121 Å². The molecule has 0 aromatic rings. The SMILES string of the molecule is CCCC(C)(C)CCN1CCN(CC(C)(C)C)CC1. The summed E-state index contributed by atoms with van der Waals surface area (Å²) in [5.74, 6) is 0. The van der Waals surface area contributed by atoms with Gasteiger partial charge >= 0.3 is 0 Å². The number of rotatable bonds is 6. The van der Waals surface area contributed by atoms with E-state index in [1.165, 1.54) is 58.5 Å². The van der Waals surface area contributed by atoms with Gasteiger partial charge in [0.15, 0.2) is 0 Å². The third-order valence-corrected chi connectivity index (χ3v) is 4.19. The van der Waals surface area contributed by atoms with Crippen molar-refractivity contribution in [3.63, 3.8) is 0 Å². The van der Waals surface area contributed by atoms with Crippen LogP contribution < -0.4 is 0 Å². The molecule has 0 aliphatic carbocycles. The van der Waals surface area contributed by atoms with Gasteiger partial charge in [0, 0.05) is 32.7 Å². The highest BCUT2D eigenvalue weighted by molar-refractivity contribution is 4.78. The smallest absolute Gasteiger partial charge is 0.0110 e. The van der Waals surface area contributed by atoms with Crippen LogP contribution in [0.4, 0.5) is 0 Å². The Morgan fingerprint density at radius 2 is 1.32 bits per heavy atom. The van der Waals surface area contributed by atoms with Gasteiger partial charge in [0.05, 0.1) is 0 Å². The fourth-order valence-electron chi connectivity index (χ4n) is 3.10. The summed E-state index contributed by atoms with van der Waals surface area (Å²) in [5.41, 5.74) is 0.961. The van der Waals surface area contributed by atoms with Crippen LogP contribution in [0, 0.1) is 10.8 Å². The lowest BCUT2D eigenvalue weighted by Crippen LogP contribution is -2.49. The normalized spacial score (nSPS) is 19.9. The minimum absolute atomic E-state index is 0.436. The molecule has 1 rings (SSSR count). The lowest BCUT2D eigenvalue weighted by atomic mass is 9.84. The topological polar surface area (TPSA) is 6.48 Å². The Kier molecular flexibility index (Phi) is 6.32. The van der Waals surface area contributed by atoms with E-state index in [0.29, 0.717) is 10.8 Å². The van der Waals surface area contributed by atoms with E-state index in [1.54, 1.807) is 0 Å². The second kappa shape index (κ2) is 7.08. The fourth-order valence-corrected chi connectivity index (χ4v) is 3.10. The first-order chi connectivity index (χ1) is 8.72. The van der Waals surface area contributed by atoms with E-state index in [4.69, 9.17) is 0 Å². The zero-order valence-electron chi connectivity index (χ0n) is 14.3. The summed E-state index contributed by atoms with van der Waals surface area (Å²) in [6.07, 6.45) is 4.02. The minimum atomic E-state index is 0.436. The molecule has 1 aliphatic rings. The van der Waals surface area contributed by atoms with Crippen LogP contribution in [0.5, 0.6) is 0 Å². The van der Waals surface area contributed by atoms with Gasteiger partial charge in [-0.2, -0.15) is 0 Å². The number of hydrogen-bond acceptors (Lipinski definition) is 2. The Morgan fingerprint density at radius 3 is 1.79 bits per heavy atom. The van der Waals surface area contributed by atoms with E-state index in [-0.39, 0.29) is 0 Å². The molecule has 19 heavy (non-hydrogen) atoms. The van der Waals surface area contributed by atoms with Crippen LogP contribution in [0.3, 0.4) is 0 Å². The van der Waals surface area contributed by atoms with Crippen LogP contribution >= 0.6 is 0 Å². The molecule has 0 amide bonds. The van der Waals surface area contributed by atoms with Gasteiger partial charge in [0.25, 0.3) is 0 Å². The molecule has 1 aliphatic heterocycles. The highest BCUT2D eigenvalue weighted by atomic mass is 15.3. The number of hydrogen-bond donors (Lipinski definition) is 0. The zero-order chi connectivity index (χ0) is 14.5. The van der Waals surface area contributed by atoms with E-state index in [0.717, 1.165) is 0 Å². The molecule has 0 N–H and O–H groups in total. The van der Waals surface area contributed by atoms with E-state index in [9.17, 15) is 0 Å². The van der Waals surface area contributed by atoms with Gasteiger partial charge in [-0.05, 0) is 30.2 Å². The molecule has 0 radical (unpaired) electrons. The predicted molar refractivity (Wildman–Crippen MR) is 85.6 cm³/mol. The monoisotopic (exact) mass is 268 g/mol. The first-order valence-electron chi connectivity index (χ1n) is 8.17. The van der Waals surface area contributed by atoms with Crippen LogP contribution in [-0.4, -0.2) is 49.1 Å². The average molecular weight is 268 g/mol. The molecular formula is C17H36N2. The molecule has 1 fully saturated rings. The van der Waals surface area contributed by atoms with Crippen molar-refractivity contribution in [2.24, 2.45) is 10.8 Å². The van der Waals surface area contributed by atoms with Crippen LogP contribution in [-0.2, 0) is 0 Å². The zero-order valence-corrected chi connectivity index (χ0v) is 14.3.